The molecule has 26 heavy (non-hydrogen) atoms. The number of aliphatic imine (C=N–C) groups is 1. The molecule has 0 bridgehead atoms. The number of carbonyl (C=O) groups excluding carboxylic acids is 1. The Labute approximate surface area is 153 Å². The van der Waals surface area contributed by atoms with Crippen molar-refractivity contribution >= 4 is 22.9 Å². The molecular formula is C22H23NO3. The molecule has 1 aliphatic carbocycles. The van der Waals surface area contributed by atoms with Crippen molar-refractivity contribution < 1.29 is 14.6 Å². The van der Waals surface area contributed by atoms with Gasteiger partial charge in [-0.3, -0.25) is 9.79 Å². The standard InChI is InChI=1S/C22H23NO3/c1-22(2)13-18(23-16-10-7-11-17(12-16)26-3)20(19(24)14-22)21(25)15-8-5-4-6-9-15/h4-12,25H,13-14H2,1-3H3/b21-20+,23-18?. The third kappa shape index (κ3) is 3.85. The van der Waals surface area contributed by atoms with Gasteiger partial charge in [-0.25, -0.2) is 0 Å². The Bertz CT molecular complexity index is 879. The van der Waals surface area contributed by atoms with Gasteiger partial charge in [0.2, 0.25) is 0 Å². The molecule has 4 nitrogen and oxygen atoms in total. The third-order valence-corrected chi connectivity index (χ3v) is 4.45. The highest BCUT2D eigenvalue weighted by molar-refractivity contribution is 6.28. The number of ketones is 1. The van der Waals surface area contributed by atoms with E-state index in [-0.39, 0.29) is 17.0 Å². The van der Waals surface area contributed by atoms with Crippen LogP contribution < -0.4 is 4.74 Å². The quantitative estimate of drug-likeness (QED) is 0.617. The van der Waals surface area contributed by atoms with E-state index < -0.39 is 0 Å². The summed E-state index contributed by atoms with van der Waals surface area (Å²) >= 11 is 0. The van der Waals surface area contributed by atoms with Crippen molar-refractivity contribution in [2.45, 2.75) is 26.7 Å². The molecule has 0 amide bonds. The monoisotopic (exact) mass is 349 g/mol. The highest BCUT2D eigenvalue weighted by atomic mass is 16.5. The van der Waals surface area contributed by atoms with Crippen molar-refractivity contribution in [3.8, 4) is 5.75 Å². The number of ether oxygens (including phenoxy) is 1. The minimum Gasteiger partial charge on any atom is -0.506 e. The predicted molar refractivity (Wildman–Crippen MR) is 104 cm³/mol. The molecule has 0 radical (unpaired) electrons. The van der Waals surface area contributed by atoms with E-state index in [1.54, 1.807) is 19.2 Å². The molecule has 1 N–H and O–H groups in total. The Kier molecular flexibility index (Phi) is 4.94. The summed E-state index contributed by atoms with van der Waals surface area (Å²) in [4.78, 5) is 17.5. The number of nitrogens with zero attached hydrogens (tertiary/aromatic N) is 1. The molecule has 2 aromatic rings. The summed E-state index contributed by atoms with van der Waals surface area (Å²) in [6, 6.07) is 16.5. The summed E-state index contributed by atoms with van der Waals surface area (Å²) in [5, 5.41) is 10.8. The molecule has 0 aliphatic heterocycles. The number of allylic oxidation sites excluding steroid dienone is 1. The number of hydrogen-bond acceptors (Lipinski definition) is 4. The van der Waals surface area contributed by atoms with Crippen molar-refractivity contribution in [2.24, 2.45) is 10.4 Å². The van der Waals surface area contributed by atoms with Gasteiger partial charge in [0.05, 0.1) is 24.1 Å². The van der Waals surface area contributed by atoms with E-state index in [9.17, 15) is 9.90 Å². The predicted octanol–water partition coefficient (Wildman–Crippen LogP) is 5.13. The van der Waals surface area contributed by atoms with E-state index in [0.717, 1.165) is 0 Å². The van der Waals surface area contributed by atoms with E-state index >= 15 is 0 Å². The highest BCUT2D eigenvalue weighted by Crippen LogP contribution is 2.38. The second kappa shape index (κ2) is 7.16. The number of aliphatic hydroxyl groups is 1. The molecular weight excluding hydrogens is 326 g/mol. The lowest BCUT2D eigenvalue weighted by Gasteiger charge is -2.31. The van der Waals surface area contributed by atoms with Crippen molar-refractivity contribution in [1.82, 2.24) is 0 Å². The average molecular weight is 349 g/mol. The number of rotatable bonds is 3. The van der Waals surface area contributed by atoms with Gasteiger partial charge in [-0.15, -0.1) is 0 Å². The Morgan fingerprint density at radius 2 is 1.81 bits per heavy atom. The summed E-state index contributed by atoms with van der Waals surface area (Å²) in [6.45, 7) is 4.09. The van der Waals surface area contributed by atoms with Crippen LogP contribution >= 0.6 is 0 Å². The smallest absolute Gasteiger partial charge is 0.169 e. The van der Waals surface area contributed by atoms with Crippen LogP contribution in [0.4, 0.5) is 5.69 Å². The molecule has 1 saturated carbocycles. The number of benzene rings is 2. The van der Waals surface area contributed by atoms with E-state index in [1.165, 1.54) is 0 Å². The molecule has 0 spiro atoms. The van der Waals surface area contributed by atoms with Crippen LogP contribution in [0.5, 0.6) is 5.75 Å². The Morgan fingerprint density at radius 3 is 2.50 bits per heavy atom. The van der Waals surface area contributed by atoms with Crippen LogP contribution in [0.25, 0.3) is 5.76 Å². The first kappa shape index (κ1) is 17.9. The number of aliphatic hydroxyl groups excluding tert-OH is 1. The zero-order valence-corrected chi connectivity index (χ0v) is 15.3. The molecule has 4 heteroatoms. The van der Waals surface area contributed by atoms with Crippen LogP contribution in [-0.2, 0) is 4.79 Å². The first-order valence-electron chi connectivity index (χ1n) is 8.63. The second-order valence-corrected chi connectivity index (χ2v) is 7.29. The number of carbonyl (C=O) groups is 1. The van der Waals surface area contributed by atoms with Gasteiger partial charge in [0.1, 0.15) is 11.5 Å². The zero-order valence-electron chi connectivity index (χ0n) is 15.3. The van der Waals surface area contributed by atoms with Crippen LogP contribution in [-0.4, -0.2) is 23.7 Å². The van der Waals surface area contributed by atoms with E-state index in [1.807, 2.05) is 56.3 Å². The maximum atomic E-state index is 12.8. The minimum atomic E-state index is -0.199. The summed E-state index contributed by atoms with van der Waals surface area (Å²) in [5.74, 6) is 0.614. The minimum absolute atomic E-state index is 0.00672. The number of methoxy groups -OCH3 is 1. The fraction of sp³-hybridized carbons (Fsp3) is 0.273. The second-order valence-electron chi connectivity index (χ2n) is 7.29. The molecule has 0 atom stereocenters. The van der Waals surface area contributed by atoms with Crippen LogP contribution in [0.3, 0.4) is 0 Å². The first-order valence-corrected chi connectivity index (χ1v) is 8.63. The molecule has 0 unspecified atom stereocenters. The molecule has 1 fully saturated rings. The molecule has 134 valence electrons. The van der Waals surface area contributed by atoms with E-state index in [4.69, 9.17) is 9.73 Å². The Hall–Kier alpha value is -2.88. The van der Waals surface area contributed by atoms with Crippen LogP contribution in [0, 0.1) is 5.41 Å². The van der Waals surface area contributed by atoms with Gasteiger partial charge in [0, 0.05) is 18.1 Å². The third-order valence-electron chi connectivity index (χ3n) is 4.45. The fourth-order valence-electron chi connectivity index (χ4n) is 3.23. The fourth-order valence-corrected chi connectivity index (χ4v) is 3.23. The van der Waals surface area contributed by atoms with Crippen molar-refractivity contribution in [3.63, 3.8) is 0 Å². The maximum Gasteiger partial charge on any atom is 0.169 e. The summed E-state index contributed by atoms with van der Waals surface area (Å²) in [6.07, 6.45) is 0.999. The lowest BCUT2D eigenvalue weighted by molar-refractivity contribution is -0.117. The molecule has 0 saturated heterocycles. The summed E-state index contributed by atoms with van der Waals surface area (Å²) < 4.78 is 5.25. The van der Waals surface area contributed by atoms with Gasteiger partial charge in [0.25, 0.3) is 0 Å². The Balaban J connectivity index is 2.13. The van der Waals surface area contributed by atoms with E-state index in [0.29, 0.717) is 41.1 Å². The van der Waals surface area contributed by atoms with Gasteiger partial charge in [-0.1, -0.05) is 50.2 Å². The first-order chi connectivity index (χ1) is 12.4. The van der Waals surface area contributed by atoms with Gasteiger partial charge in [0.15, 0.2) is 5.78 Å². The van der Waals surface area contributed by atoms with Crippen LogP contribution in [0.15, 0.2) is 65.2 Å². The lowest BCUT2D eigenvalue weighted by atomic mass is 9.73. The maximum absolute atomic E-state index is 12.8. The average Bonchev–Trinajstić information content (AvgIpc) is 2.61. The number of hydrogen-bond donors (Lipinski definition) is 1. The largest absolute Gasteiger partial charge is 0.506 e. The van der Waals surface area contributed by atoms with Crippen LogP contribution in [0.2, 0.25) is 0 Å². The summed E-state index contributed by atoms with van der Waals surface area (Å²) in [5.41, 5.74) is 2.05. The van der Waals surface area contributed by atoms with Crippen LogP contribution in [0.1, 0.15) is 32.3 Å². The molecule has 3 rings (SSSR count). The highest BCUT2D eigenvalue weighted by Gasteiger charge is 2.36. The van der Waals surface area contributed by atoms with Crippen molar-refractivity contribution in [2.75, 3.05) is 7.11 Å². The van der Waals surface area contributed by atoms with Gasteiger partial charge >= 0.3 is 0 Å². The van der Waals surface area contributed by atoms with Gasteiger partial charge in [-0.2, -0.15) is 0 Å². The van der Waals surface area contributed by atoms with Gasteiger partial charge < -0.3 is 9.84 Å². The molecule has 0 heterocycles. The van der Waals surface area contributed by atoms with E-state index in [2.05, 4.69) is 0 Å². The molecule has 1 aliphatic rings. The lowest BCUT2D eigenvalue weighted by Crippen LogP contribution is -2.32. The van der Waals surface area contributed by atoms with Crippen molar-refractivity contribution in [3.05, 3.63) is 65.7 Å². The van der Waals surface area contributed by atoms with Crippen molar-refractivity contribution in [1.29, 1.82) is 0 Å². The normalized spacial score (nSPS) is 20.1. The SMILES string of the molecule is COc1cccc(N=C2CC(C)(C)CC(=O)/C2=C(/O)c2ccccc2)c1. The summed E-state index contributed by atoms with van der Waals surface area (Å²) in [7, 11) is 1.60. The van der Waals surface area contributed by atoms with Gasteiger partial charge in [-0.05, 0) is 24.0 Å². The molecule has 0 aromatic heterocycles. The zero-order chi connectivity index (χ0) is 18.7. The topological polar surface area (TPSA) is 58.9 Å². The number of Topliss-reactive ketones (excluding diaryl/α,β-unsaturated/α-hetero) is 1. The Morgan fingerprint density at radius 1 is 1.08 bits per heavy atom. The molecule has 2 aromatic carbocycles.